The minimum atomic E-state index is -0.210. The Bertz CT molecular complexity index is 685. The molecule has 112 valence electrons. The quantitative estimate of drug-likeness (QED) is 0.814. The maximum absolute atomic E-state index is 12.3. The SMILES string of the molecule is CN(C)Cc1ccc(CN2C(=O)c3ccccc3C2=O)cc1. The lowest BCUT2D eigenvalue weighted by Gasteiger charge is -2.15. The van der Waals surface area contributed by atoms with E-state index in [9.17, 15) is 9.59 Å². The molecule has 0 bridgehead atoms. The number of benzene rings is 2. The Balaban J connectivity index is 1.77. The van der Waals surface area contributed by atoms with E-state index in [2.05, 4.69) is 4.90 Å². The third-order valence-electron chi connectivity index (χ3n) is 3.74. The molecule has 0 unspecified atom stereocenters. The third kappa shape index (κ3) is 2.65. The predicted molar refractivity (Wildman–Crippen MR) is 84.5 cm³/mol. The predicted octanol–water partition coefficient (Wildman–Crippen LogP) is 2.54. The van der Waals surface area contributed by atoms with Crippen LogP contribution >= 0.6 is 0 Å². The molecule has 0 fully saturated rings. The molecular weight excluding hydrogens is 276 g/mol. The highest BCUT2D eigenvalue weighted by molar-refractivity contribution is 6.21. The lowest BCUT2D eigenvalue weighted by molar-refractivity contribution is 0.0642. The van der Waals surface area contributed by atoms with Crippen molar-refractivity contribution in [3.05, 3.63) is 70.8 Å². The van der Waals surface area contributed by atoms with Gasteiger partial charge in [0.05, 0.1) is 17.7 Å². The summed E-state index contributed by atoms with van der Waals surface area (Å²) >= 11 is 0. The van der Waals surface area contributed by atoms with Crippen LogP contribution in [0.25, 0.3) is 0 Å². The number of fused-ring (bicyclic) bond motifs is 1. The van der Waals surface area contributed by atoms with E-state index < -0.39 is 0 Å². The second-order valence-corrected chi connectivity index (χ2v) is 5.80. The molecule has 0 saturated carbocycles. The van der Waals surface area contributed by atoms with Gasteiger partial charge in [0.15, 0.2) is 0 Å². The fraction of sp³-hybridized carbons (Fsp3) is 0.222. The second-order valence-electron chi connectivity index (χ2n) is 5.80. The van der Waals surface area contributed by atoms with Crippen molar-refractivity contribution in [2.45, 2.75) is 13.1 Å². The molecule has 2 aromatic rings. The molecule has 0 N–H and O–H groups in total. The zero-order chi connectivity index (χ0) is 15.7. The van der Waals surface area contributed by atoms with E-state index in [1.165, 1.54) is 10.5 Å². The summed E-state index contributed by atoms with van der Waals surface area (Å²) in [6, 6.07) is 15.0. The van der Waals surface area contributed by atoms with Crippen LogP contribution in [0.4, 0.5) is 0 Å². The minimum Gasteiger partial charge on any atom is -0.305 e. The lowest BCUT2D eigenvalue weighted by atomic mass is 10.1. The highest BCUT2D eigenvalue weighted by atomic mass is 16.2. The number of carbonyl (C=O) groups excluding carboxylic acids is 2. The second kappa shape index (κ2) is 5.73. The summed E-state index contributed by atoms with van der Waals surface area (Å²) in [5, 5.41) is 0. The number of imide groups is 1. The number of carbonyl (C=O) groups is 2. The van der Waals surface area contributed by atoms with Gasteiger partial charge < -0.3 is 4.90 Å². The van der Waals surface area contributed by atoms with Crippen LogP contribution in [-0.4, -0.2) is 35.7 Å². The van der Waals surface area contributed by atoms with Gasteiger partial charge in [0.1, 0.15) is 0 Å². The van der Waals surface area contributed by atoms with Crippen molar-refractivity contribution >= 4 is 11.8 Å². The Morgan fingerprint density at radius 3 is 1.82 bits per heavy atom. The first-order valence-electron chi connectivity index (χ1n) is 7.24. The average Bonchev–Trinajstić information content (AvgIpc) is 2.74. The molecular formula is C18H18N2O2. The molecule has 4 heteroatoms. The molecule has 4 nitrogen and oxygen atoms in total. The molecule has 3 rings (SSSR count). The van der Waals surface area contributed by atoms with Gasteiger partial charge in [-0.3, -0.25) is 14.5 Å². The van der Waals surface area contributed by atoms with Crippen LogP contribution < -0.4 is 0 Å². The first-order valence-corrected chi connectivity index (χ1v) is 7.24. The van der Waals surface area contributed by atoms with Crippen molar-refractivity contribution in [3.63, 3.8) is 0 Å². The fourth-order valence-electron chi connectivity index (χ4n) is 2.68. The van der Waals surface area contributed by atoms with Crippen molar-refractivity contribution in [2.24, 2.45) is 0 Å². The molecule has 1 heterocycles. The topological polar surface area (TPSA) is 40.6 Å². The number of hydrogen-bond acceptors (Lipinski definition) is 3. The summed E-state index contributed by atoms with van der Waals surface area (Å²) in [5.41, 5.74) is 3.15. The van der Waals surface area contributed by atoms with Crippen LogP contribution in [0.1, 0.15) is 31.8 Å². The van der Waals surface area contributed by atoms with Crippen LogP contribution in [0, 0.1) is 0 Å². The largest absolute Gasteiger partial charge is 0.305 e. The van der Waals surface area contributed by atoms with Crippen molar-refractivity contribution < 1.29 is 9.59 Å². The van der Waals surface area contributed by atoms with Gasteiger partial charge in [-0.25, -0.2) is 0 Å². The van der Waals surface area contributed by atoms with E-state index in [0.717, 1.165) is 12.1 Å². The number of rotatable bonds is 4. The van der Waals surface area contributed by atoms with E-state index in [1.54, 1.807) is 24.3 Å². The standard InChI is InChI=1S/C18H18N2O2/c1-19(2)11-13-7-9-14(10-8-13)12-20-17(21)15-5-3-4-6-16(15)18(20)22/h3-10H,11-12H2,1-2H3. The van der Waals surface area contributed by atoms with Gasteiger partial charge in [-0.15, -0.1) is 0 Å². The molecule has 1 aliphatic rings. The van der Waals surface area contributed by atoms with Crippen molar-refractivity contribution in [1.29, 1.82) is 0 Å². The number of nitrogens with zero attached hydrogens (tertiary/aromatic N) is 2. The highest BCUT2D eigenvalue weighted by Crippen LogP contribution is 2.24. The van der Waals surface area contributed by atoms with E-state index >= 15 is 0 Å². The first kappa shape index (κ1) is 14.5. The zero-order valence-electron chi connectivity index (χ0n) is 12.7. The zero-order valence-corrected chi connectivity index (χ0v) is 12.7. The maximum atomic E-state index is 12.3. The number of amides is 2. The van der Waals surface area contributed by atoms with Crippen LogP contribution in [0.5, 0.6) is 0 Å². The van der Waals surface area contributed by atoms with Crippen LogP contribution in [0.3, 0.4) is 0 Å². The van der Waals surface area contributed by atoms with Gasteiger partial charge >= 0.3 is 0 Å². The van der Waals surface area contributed by atoms with Gasteiger partial charge in [0, 0.05) is 6.54 Å². The van der Waals surface area contributed by atoms with Crippen molar-refractivity contribution in [3.8, 4) is 0 Å². The Morgan fingerprint density at radius 2 is 1.32 bits per heavy atom. The third-order valence-corrected chi connectivity index (χ3v) is 3.74. The van der Waals surface area contributed by atoms with Gasteiger partial charge in [-0.05, 0) is 37.4 Å². The molecule has 1 aliphatic heterocycles. The van der Waals surface area contributed by atoms with E-state index in [0.29, 0.717) is 17.7 Å². The summed E-state index contributed by atoms with van der Waals surface area (Å²) in [7, 11) is 4.04. The van der Waals surface area contributed by atoms with E-state index in [-0.39, 0.29) is 11.8 Å². The molecule has 0 radical (unpaired) electrons. The molecule has 2 aromatic carbocycles. The molecule has 0 atom stereocenters. The summed E-state index contributed by atoms with van der Waals surface area (Å²) in [4.78, 5) is 28.1. The maximum Gasteiger partial charge on any atom is 0.261 e. The van der Waals surface area contributed by atoms with Crippen LogP contribution in [0.2, 0.25) is 0 Å². The van der Waals surface area contributed by atoms with Crippen LogP contribution in [0.15, 0.2) is 48.5 Å². The molecule has 0 saturated heterocycles. The monoisotopic (exact) mass is 294 g/mol. The van der Waals surface area contributed by atoms with Crippen molar-refractivity contribution in [2.75, 3.05) is 14.1 Å². The highest BCUT2D eigenvalue weighted by Gasteiger charge is 2.34. The molecule has 0 spiro atoms. The van der Waals surface area contributed by atoms with Crippen molar-refractivity contribution in [1.82, 2.24) is 9.80 Å². The fourth-order valence-corrected chi connectivity index (χ4v) is 2.68. The normalized spacial score (nSPS) is 13.9. The molecule has 22 heavy (non-hydrogen) atoms. The first-order chi connectivity index (χ1) is 10.6. The van der Waals surface area contributed by atoms with Gasteiger partial charge in [0.25, 0.3) is 11.8 Å². The Morgan fingerprint density at radius 1 is 0.818 bits per heavy atom. The molecule has 2 amide bonds. The van der Waals surface area contributed by atoms with Gasteiger partial charge in [-0.2, -0.15) is 0 Å². The Labute approximate surface area is 130 Å². The van der Waals surface area contributed by atoms with Gasteiger partial charge in [0.2, 0.25) is 0 Å². The molecule has 0 aromatic heterocycles. The lowest BCUT2D eigenvalue weighted by Crippen LogP contribution is -2.29. The summed E-state index contributed by atoms with van der Waals surface area (Å²) in [5.74, 6) is -0.420. The van der Waals surface area contributed by atoms with Crippen LogP contribution in [-0.2, 0) is 13.1 Å². The smallest absolute Gasteiger partial charge is 0.261 e. The number of hydrogen-bond donors (Lipinski definition) is 0. The molecule has 0 aliphatic carbocycles. The van der Waals surface area contributed by atoms with E-state index in [4.69, 9.17) is 0 Å². The Hall–Kier alpha value is -2.46. The average molecular weight is 294 g/mol. The summed E-state index contributed by atoms with van der Waals surface area (Å²) in [6.45, 7) is 1.18. The van der Waals surface area contributed by atoms with E-state index in [1.807, 2.05) is 38.4 Å². The summed E-state index contributed by atoms with van der Waals surface area (Å²) < 4.78 is 0. The minimum absolute atomic E-state index is 0.210. The summed E-state index contributed by atoms with van der Waals surface area (Å²) in [6.07, 6.45) is 0. The Kier molecular flexibility index (Phi) is 3.77. The van der Waals surface area contributed by atoms with Gasteiger partial charge in [-0.1, -0.05) is 36.4 Å².